The number of nitrogens with one attached hydrogen (secondary N) is 1. The number of benzene rings is 1. The van der Waals surface area contributed by atoms with Gasteiger partial charge in [-0.2, -0.15) is 4.80 Å². The van der Waals surface area contributed by atoms with E-state index in [2.05, 4.69) is 35.9 Å². The first-order chi connectivity index (χ1) is 15.0. The Bertz CT molecular complexity index is 1070. The molecule has 0 aliphatic carbocycles. The second-order valence-electron chi connectivity index (χ2n) is 8.23. The van der Waals surface area contributed by atoms with E-state index in [9.17, 15) is 5.11 Å². The van der Waals surface area contributed by atoms with Gasteiger partial charge in [0.25, 0.3) is 0 Å². The Morgan fingerprint density at radius 1 is 1.19 bits per heavy atom. The highest BCUT2D eigenvalue weighted by atomic mass is 19.1. The zero-order valence-corrected chi connectivity index (χ0v) is 17.4. The van der Waals surface area contributed by atoms with E-state index in [4.69, 9.17) is 0 Å². The molecule has 2 aliphatic rings. The van der Waals surface area contributed by atoms with E-state index in [0.717, 1.165) is 25.7 Å². The van der Waals surface area contributed by atoms with Gasteiger partial charge in [0, 0.05) is 24.7 Å². The molecule has 0 unspecified atom stereocenters. The maximum atomic E-state index is 15.0. The topological polar surface area (TPSA) is 118 Å². The molecule has 11 heteroatoms. The predicted molar refractivity (Wildman–Crippen MR) is 111 cm³/mol. The van der Waals surface area contributed by atoms with Crippen LogP contribution in [0, 0.1) is 0 Å². The number of hydrogen-bond acceptors (Lipinski definition) is 9. The van der Waals surface area contributed by atoms with E-state index < -0.39 is 6.17 Å². The molecule has 4 atom stereocenters. The lowest BCUT2D eigenvalue weighted by atomic mass is 9.82. The standard InChI is InChI=1S/C20H24FN9O/c1-29(15-9-12-4-3-5-14(23-12)18(15)21)17-10-22-20(25-24-17)13-7-6-11(8-16(13)31)19-26-28-30(2)27-19/h6-8,10,12,14-15,18,23,31H,3-5,9H2,1-2H3/t12-,14+,15-,18+/m0/s1. The quantitative estimate of drug-likeness (QED) is 0.641. The fraction of sp³-hybridized carbons (Fsp3) is 0.500. The van der Waals surface area contributed by atoms with E-state index in [-0.39, 0.29) is 23.7 Å². The molecule has 2 fully saturated rings. The molecule has 3 aromatic rings. The molecule has 5 rings (SSSR count). The Morgan fingerprint density at radius 2 is 2.06 bits per heavy atom. The maximum Gasteiger partial charge on any atom is 0.205 e. The summed E-state index contributed by atoms with van der Waals surface area (Å²) in [6.07, 6.45) is 4.36. The number of hydrogen-bond donors (Lipinski definition) is 2. The SMILES string of the molecule is CN(c1cnc(-c2ccc(-c3nnn(C)n3)cc2O)nn1)[C@H]1C[C@@H]2CCC[C@@H](N2)[C@H]1F. The van der Waals surface area contributed by atoms with Crippen LogP contribution in [0.25, 0.3) is 22.8 Å². The maximum absolute atomic E-state index is 15.0. The first kappa shape index (κ1) is 19.7. The number of alkyl halides is 1. The minimum absolute atomic E-state index is 0.0112. The molecule has 2 aromatic heterocycles. The van der Waals surface area contributed by atoms with Crippen molar-refractivity contribution >= 4 is 5.82 Å². The summed E-state index contributed by atoms with van der Waals surface area (Å²) in [5.41, 5.74) is 1.07. The first-order valence-electron chi connectivity index (χ1n) is 10.4. The van der Waals surface area contributed by atoms with E-state index in [1.807, 2.05) is 11.9 Å². The molecule has 162 valence electrons. The second-order valence-corrected chi connectivity index (χ2v) is 8.23. The summed E-state index contributed by atoms with van der Waals surface area (Å²) in [5, 5.41) is 34.2. The second kappa shape index (κ2) is 7.80. The van der Waals surface area contributed by atoms with Crippen molar-refractivity contribution in [2.45, 2.75) is 50.0 Å². The van der Waals surface area contributed by atoms with Crippen LogP contribution in [0.15, 0.2) is 24.4 Å². The number of fused-ring (bicyclic) bond motifs is 2. The first-order valence-corrected chi connectivity index (χ1v) is 10.4. The van der Waals surface area contributed by atoms with Crippen molar-refractivity contribution in [3.63, 3.8) is 0 Å². The molecule has 10 nitrogen and oxygen atoms in total. The van der Waals surface area contributed by atoms with Crippen molar-refractivity contribution in [3.8, 4) is 28.5 Å². The zero-order chi connectivity index (χ0) is 21.5. The van der Waals surface area contributed by atoms with Crippen LogP contribution < -0.4 is 10.2 Å². The molecular weight excluding hydrogens is 401 g/mol. The Kier molecular flexibility index (Phi) is 4.97. The third-order valence-corrected chi connectivity index (χ3v) is 6.21. The van der Waals surface area contributed by atoms with E-state index >= 15 is 4.39 Å². The molecule has 4 heterocycles. The highest BCUT2D eigenvalue weighted by Gasteiger charge is 2.42. The summed E-state index contributed by atoms with van der Waals surface area (Å²) in [4.78, 5) is 7.55. The van der Waals surface area contributed by atoms with Gasteiger partial charge in [-0.15, -0.1) is 20.4 Å². The van der Waals surface area contributed by atoms with Crippen LogP contribution in [-0.2, 0) is 7.05 Å². The van der Waals surface area contributed by atoms with Gasteiger partial charge in [-0.05, 0) is 36.6 Å². The van der Waals surface area contributed by atoms with Gasteiger partial charge in [0.2, 0.25) is 5.82 Å². The molecule has 31 heavy (non-hydrogen) atoms. The fourth-order valence-electron chi connectivity index (χ4n) is 4.54. The fourth-order valence-corrected chi connectivity index (χ4v) is 4.54. The lowest BCUT2D eigenvalue weighted by Crippen LogP contribution is -2.61. The normalized spacial score (nSPS) is 25.4. The number of phenolic OH excluding ortho intramolecular Hbond substituents is 1. The monoisotopic (exact) mass is 425 g/mol. The Labute approximate surface area is 178 Å². The van der Waals surface area contributed by atoms with Crippen molar-refractivity contribution in [1.29, 1.82) is 0 Å². The van der Waals surface area contributed by atoms with Crippen LogP contribution in [0.2, 0.25) is 0 Å². The smallest absolute Gasteiger partial charge is 0.205 e. The third-order valence-electron chi connectivity index (χ3n) is 6.21. The number of aryl methyl sites for hydroxylation is 1. The average molecular weight is 425 g/mol. The molecule has 0 amide bonds. The summed E-state index contributed by atoms with van der Waals surface area (Å²) in [5.74, 6) is 1.19. The van der Waals surface area contributed by atoms with Crippen molar-refractivity contribution in [2.24, 2.45) is 7.05 Å². The number of phenols is 1. The van der Waals surface area contributed by atoms with Crippen LogP contribution in [0.1, 0.15) is 25.7 Å². The molecule has 0 spiro atoms. The van der Waals surface area contributed by atoms with Crippen LogP contribution in [-0.4, -0.2) is 71.8 Å². The van der Waals surface area contributed by atoms with Gasteiger partial charge >= 0.3 is 0 Å². The number of tetrazole rings is 1. The molecule has 0 saturated carbocycles. The molecule has 2 saturated heterocycles. The Balaban J connectivity index is 1.35. The number of aromatic hydroxyl groups is 1. The Morgan fingerprint density at radius 3 is 2.77 bits per heavy atom. The summed E-state index contributed by atoms with van der Waals surface area (Å²) < 4.78 is 15.0. The molecule has 2 bridgehead atoms. The highest BCUT2D eigenvalue weighted by Crippen LogP contribution is 2.33. The largest absolute Gasteiger partial charge is 0.507 e. The van der Waals surface area contributed by atoms with Crippen molar-refractivity contribution in [1.82, 2.24) is 40.7 Å². The van der Waals surface area contributed by atoms with Crippen molar-refractivity contribution in [3.05, 3.63) is 24.4 Å². The van der Waals surface area contributed by atoms with E-state index in [1.165, 1.54) is 10.9 Å². The van der Waals surface area contributed by atoms with Crippen LogP contribution in [0.3, 0.4) is 0 Å². The minimum Gasteiger partial charge on any atom is -0.507 e. The summed E-state index contributed by atoms with van der Waals surface area (Å²) in [6.45, 7) is 0. The van der Waals surface area contributed by atoms with Gasteiger partial charge in [-0.25, -0.2) is 9.37 Å². The number of rotatable bonds is 4. The number of halogens is 1. The molecule has 2 aliphatic heterocycles. The van der Waals surface area contributed by atoms with Crippen LogP contribution in [0.4, 0.5) is 10.2 Å². The average Bonchev–Trinajstić information content (AvgIpc) is 3.22. The highest BCUT2D eigenvalue weighted by molar-refractivity contribution is 5.69. The van der Waals surface area contributed by atoms with Gasteiger partial charge in [-0.3, -0.25) is 0 Å². The van der Waals surface area contributed by atoms with Crippen molar-refractivity contribution in [2.75, 3.05) is 11.9 Å². The van der Waals surface area contributed by atoms with Crippen LogP contribution in [0.5, 0.6) is 5.75 Å². The molecule has 0 radical (unpaired) electrons. The number of aromatic nitrogens is 7. The Hall–Kier alpha value is -3.21. The molecule has 1 aromatic carbocycles. The number of anilines is 1. The lowest BCUT2D eigenvalue weighted by Gasteiger charge is -2.45. The van der Waals surface area contributed by atoms with E-state index in [1.54, 1.807) is 25.4 Å². The number of piperidine rings is 2. The van der Waals surface area contributed by atoms with Gasteiger partial charge in [0.05, 0.1) is 24.8 Å². The van der Waals surface area contributed by atoms with E-state index in [0.29, 0.717) is 28.8 Å². The van der Waals surface area contributed by atoms with Gasteiger partial charge in [0.1, 0.15) is 11.9 Å². The lowest BCUT2D eigenvalue weighted by molar-refractivity contribution is 0.107. The van der Waals surface area contributed by atoms with Crippen LogP contribution >= 0.6 is 0 Å². The zero-order valence-electron chi connectivity index (χ0n) is 17.4. The van der Waals surface area contributed by atoms with Gasteiger partial charge in [0.15, 0.2) is 11.6 Å². The van der Waals surface area contributed by atoms with Gasteiger partial charge < -0.3 is 15.3 Å². The van der Waals surface area contributed by atoms with Crippen molar-refractivity contribution < 1.29 is 9.50 Å². The summed E-state index contributed by atoms with van der Waals surface area (Å²) >= 11 is 0. The minimum atomic E-state index is -0.964. The third kappa shape index (κ3) is 3.69. The van der Waals surface area contributed by atoms with Gasteiger partial charge in [-0.1, -0.05) is 12.5 Å². The summed E-state index contributed by atoms with van der Waals surface area (Å²) in [6, 6.07) is 4.98. The predicted octanol–water partition coefficient (Wildman–Crippen LogP) is 1.49. The summed E-state index contributed by atoms with van der Waals surface area (Å²) in [7, 11) is 3.51. The molecule has 2 N–H and O–H groups in total. The molecular formula is C20H24FN9O. The number of nitrogens with zero attached hydrogens (tertiary/aromatic N) is 8.